The monoisotopic (exact) mass is 453 g/mol. The predicted octanol–water partition coefficient (Wildman–Crippen LogP) is 2.88. The summed E-state index contributed by atoms with van der Waals surface area (Å²) in [6.07, 6.45) is 1.72. The molecule has 0 atom stereocenters. The Hall–Kier alpha value is -3.79. The molecule has 3 aromatic rings. The average molecular weight is 454 g/mol. The van der Waals surface area contributed by atoms with E-state index in [1.165, 1.54) is 11.8 Å². The van der Waals surface area contributed by atoms with Crippen LogP contribution in [0.25, 0.3) is 0 Å². The molecule has 0 bridgehead atoms. The van der Waals surface area contributed by atoms with E-state index in [9.17, 15) is 9.59 Å². The van der Waals surface area contributed by atoms with Gasteiger partial charge in [0.1, 0.15) is 18.1 Å². The summed E-state index contributed by atoms with van der Waals surface area (Å²) in [7, 11) is 1.60. The van der Waals surface area contributed by atoms with E-state index < -0.39 is 5.91 Å². The molecule has 0 aliphatic heterocycles. The summed E-state index contributed by atoms with van der Waals surface area (Å²) < 4.78 is 12.7. The number of aromatic nitrogens is 3. The zero-order valence-corrected chi connectivity index (χ0v) is 18.3. The number of benzene rings is 2. The van der Waals surface area contributed by atoms with Gasteiger partial charge in [0.25, 0.3) is 5.91 Å². The third-order valence-electron chi connectivity index (χ3n) is 4.33. The van der Waals surface area contributed by atoms with Crippen molar-refractivity contribution >= 4 is 29.3 Å². The minimum Gasteiger partial charge on any atom is -0.497 e. The van der Waals surface area contributed by atoms with Gasteiger partial charge >= 0.3 is 0 Å². The van der Waals surface area contributed by atoms with Crippen LogP contribution in [0.2, 0.25) is 0 Å². The fraction of sp³-hybridized carbons (Fsp3) is 0.182. The molecule has 166 valence electrons. The number of carbonyl (C=O) groups is 2. The Kier molecular flexibility index (Phi) is 7.87. The maximum absolute atomic E-state index is 12.4. The summed E-state index contributed by atoms with van der Waals surface area (Å²) in [5, 5.41) is 11.6. The third-order valence-corrected chi connectivity index (χ3v) is 5.30. The Morgan fingerprint density at radius 2 is 1.88 bits per heavy atom. The van der Waals surface area contributed by atoms with Crippen LogP contribution in [-0.2, 0) is 17.9 Å². The summed E-state index contributed by atoms with van der Waals surface area (Å²) >= 11 is 1.22. The van der Waals surface area contributed by atoms with Gasteiger partial charge in [0.05, 0.1) is 24.1 Å². The third kappa shape index (κ3) is 5.88. The van der Waals surface area contributed by atoms with Crippen LogP contribution < -0.4 is 20.5 Å². The molecule has 1 aromatic heterocycles. The van der Waals surface area contributed by atoms with Gasteiger partial charge in [0.2, 0.25) is 5.91 Å². The molecule has 2 aromatic carbocycles. The van der Waals surface area contributed by atoms with Gasteiger partial charge in [0, 0.05) is 6.54 Å². The second-order valence-corrected chi connectivity index (χ2v) is 7.45. The first-order chi connectivity index (χ1) is 15.5. The van der Waals surface area contributed by atoms with E-state index >= 15 is 0 Å². The summed E-state index contributed by atoms with van der Waals surface area (Å²) in [4.78, 5) is 23.9. The lowest BCUT2D eigenvalue weighted by Gasteiger charge is -2.10. The molecular weight excluding hydrogens is 430 g/mol. The fourth-order valence-corrected chi connectivity index (χ4v) is 3.55. The lowest BCUT2D eigenvalue weighted by molar-refractivity contribution is -0.113. The van der Waals surface area contributed by atoms with Crippen LogP contribution in [0, 0.1) is 0 Å². The van der Waals surface area contributed by atoms with Crippen molar-refractivity contribution in [2.75, 3.05) is 18.2 Å². The number of para-hydroxylation sites is 1. The summed E-state index contributed by atoms with van der Waals surface area (Å²) in [6.45, 7) is 4.43. The van der Waals surface area contributed by atoms with E-state index in [-0.39, 0.29) is 23.8 Å². The number of nitrogens with one attached hydrogen (secondary N) is 1. The van der Waals surface area contributed by atoms with Crippen molar-refractivity contribution in [3.63, 3.8) is 0 Å². The number of methoxy groups -OCH3 is 1. The zero-order valence-electron chi connectivity index (χ0n) is 17.5. The molecule has 0 saturated carbocycles. The largest absolute Gasteiger partial charge is 0.497 e. The minimum atomic E-state index is -0.610. The van der Waals surface area contributed by atoms with E-state index in [4.69, 9.17) is 15.2 Å². The molecule has 3 N–H and O–H groups in total. The lowest BCUT2D eigenvalue weighted by atomic mass is 10.1. The molecule has 9 nitrogen and oxygen atoms in total. The molecule has 0 fully saturated rings. The van der Waals surface area contributed by atoms with E-state index in [2.05, 4.69) is 22.1 Å². The lowest BCUT2D eigenvalue weighted by Crippen LogP contribution is -2.19. The number of nitrogens with two attached hydrogens (primary N) is 1. The second kappa shape index (κ2) is 11.0. The SMILES string of the molecule is C=CCn1c(COc2ccc(OC)cc2)nnc1SCC(=O)Nc1ccccc1C(N)=O. The van der Waals surface area contributed by atoms with Crippen LogP contribution >= 0.6 is 11.8 Å². The molecule has 2 amide bonds. The van der Waals surface area contributed by atoms with Crippen molar-refractivity contribution in [2.24, 2.45) is 5.73 Å². The minimum absolute atomic E-state index is 0.0711. The highest BCUT2D eigenvalue weighted by molar-refractivity contribution is 7.99. The summed E-state index contributed by atoms with van der Waals surface area (Å²) in [5.41, 5.74) is 5.97. The standard InChI is InChI=1S/C22H23N5O4S/c1-3-12-27-19(13-31-16-10-8-15(30-2)9-11-16)25-26-22(27)32-14-20(28)24-18-7-5-4-6-17(18)21(23)29/h3-11H,1,12-14H2,2H3,(H2,23,29)(H,24,28). The zero-order chi connectivity index (χ0) is 22.9. The number of primary amides is 1. The first kappa shape index (κ1) is 22.9. The van der Waals surface area contributed by atoms with Gasteiger partial charge < -0.3 is 20.5 Å². The maximum atomic E-state index is 12.4. The number of anilines is 1. The topological polar surface area (TPSA) is 121 Å². The van der Waals surface area contributed by atoms with Gasteiger partial charge in [-0.2, -0.15) is 0 Å². The van der Waals surface area contributed by atoms with Crippen LogP contribution in [-0.4, -0.2) is 39.4 Å². The highest BCUT2D eigenvalue weighted by atomic mass is 32.2. The molecule has 10 heteroatoms. The number of carbonyl (C=O) groups excluding carboxylic acids is 2. The van der Waals surface area contributed by atoms with Gasteiger partial charge in [-0.3, -0.25) is 14.2 Å². The highest BCUT2D eigenvalue weighted by Gasteiger charge is 2.15. The predicted molar refractivity (Wildman–Crippen MR) is 122 cm³/mol. The maximum Gasteiger partial charge on any atom is 0.250 e. The van der Waals surface area contributed by atoms with E-state index in [1.807, 2.05) is 4.57 Å². The first-order valence-corrected chi connectivity index (χ1v) is 10.6. The van der Waals surface area contributed by atoms with Crippen LogP contribution in [0.3, 0.4) is 0 Å². The molecule has 0 radical (unpaired) electrons. The molecule has 0 saturated heterocycles. The summed E-state index contributed by atoms with van der Waals surface area (Å²) in [6, 6.07) is 13.8. The molecule has 0 aliphatic rings. The van der Waals surface area contributed by atoms with Crippen LogP contribution in [0.5, 0.6) is 11.5 Å². The molecule has 1 heterocycles. The Labute approximate surface area is 189 Å². The quantitative estimate of drug-likeness (QED) is 0.338. The molecule has 0 spiro atoms. The van der Waals surface area contributed by atoms with Gasteiger partial charge in [-0.1, -0.05) is 30.0 Å². The van der Waals surface area contributed by atoms with Crippen LogP contribution in [0.15, 0.2) is 66.3 Å². The molecule has 3 rings (SSSR count). The molecule has 0 unspecified atom stereocenters. The van der Waals surface area contributed by atoms with Crippen LogP contribution in [0.1, 0.15) is 16.2 Å². The number of rotatable bonds is 11. The number of hydrogen-bond donors (Lipinski definition) is 2. The van der Waals surface area contributed by atoms with Gasteiger partial charge in [0.15, 0.2) is 11.0 Å². The average Bonchev–Trinajstić information content (AvgIpc) is 3.18. The van der Waals surface area contributed by atoms with Gasteiger partial charge in [-0.05, 0) is 36.4 Å². The molecular formula is C22H23N5O4S. The van der Waals surface area contributed by atoms with E-state index in [0.717, 1.165) is 5.75 Å². The highest BCUT2D eigenvalue weighted by Crippen LogP contribution is 2.21. The van der Waals surface area contributed by atoms with Crippen molar-refractivity contribution in [1.29, 1.82) is 0 Å². The molecule has 0 aliphatic carbocycles. The summed E-state index contributed by atoms with van der Waals surface area (Å²) in [5.74, 6) is 1.17. The Bertz CT molecular complexity index is 1100. The number of hydrogen-bond acceptors (Lipinski definition) is 7. The number of amides is 2. The number of allylic oxidation sites excluding steroid dienone is 1. The fourth-order valence-electron chi connectivity index (χ4n) is 2.79. The van der Waals surface area contributed by atoms with E-state index in [1.54, 1.807) is 61.7 Å². The van der Waals surface area contributed by atoms with Gasteiger partial charge in [-0.25, -0.2) is 0 Å². The normalized spacial score (nSPS) is 10.4. The van der Waals surface area contributed by atoms with Crippen molar-refractivity contribution in [3.8, 4) is 11.5 Å². The van der Waals surface area contributed by atoms with E-state index in [0.29, 0.717) is 29.0 Å². The number of nitrogens with zero attached hydrogens (tertiary/aromatic N) is 3. The molecule has 32 heavy (non-hydrogen) atoms. The Morgan fingerprint density at radius 1 is 1.16 bits per heavy atom. The Morgan fingerprint density at radius 3 is 2.56 bits per heavy atom. The van der Waals surface area contributed by atoms with Crippen LogP contribution in [0.4, 0.5) is 5.69 Å². The first-order valence-electron chi connectivity index (χ1n) is 9.63. The van der Waals surface area contributed by atoms with Crippen molar-refractivity contribution in [1.82, 2.24) is 14.8 Å². The van der Waals surface area contributed by atoms with Crippen molar-refractivity contribution < 1.29 is 19.1 Å². The van der Waals surface area contributed by atoms with Crippen molar-refractivity contribution in [2.45, 2.75) is 18.3 Å². The smallest absolute Gasteiger partial charge is 0.250 e. The Balaban J connectivity index is 1.62. The van der Waals surface area contributed by atoms with Gasteiger partial charge in [-0.15, -0.1) is 16.8 Å². The second-order valence-electron chi connectivity index (χ2n) is 6.51. The van der Waals surface area contributed by atoms with Crippen molar-refractivity contribution in [3.05, 3.63) is 72.6 Å². The number of thioether (sulfide) groups is 1. The number of ether oxygens (including phenoxy) is 2.